The van der Waals surface area contributed by atoms with E-state index in [1.807, 2.05) is 0 Å². The van der Waals surface area contributed by atoms with Crippen LogP contribution in [0.5, 0.6) is 5.75 Å². The predicted octanol–water partition coefficient (Wildman–Crippen LogP) is 4.96. The van der Waals surface area contributed by atoms with Gasteiger partial charge in [0.15, 0.2) is 5.65 Å². The molecule has 0 unspecified atom stereocenters. The minimum absolute atomic E-state index is 0.175. The summed E-state index contributed by atoms with van der Waals surface area (Å²) in [6.07, 6.45) is 1.46. The number of carbonyl (C=O) groups is 1. The molecule has 0 saturated carbocycles. The lowest BCUT2D eigenvalue weighted by atomic mass is 10.1. The van der Waals surface area contributed by atoms with Crippen molar-refractivity contribution in [2.24, 2.45) is 0 Å². The number of alkyl halides is 3. The largest absolute Gasteiger partial charge is 0.573 e. The maximum absolute atomic E-state index is 13.3. The van der Waals surface area contributed by atoms with Crippen LogP contribution < -0.4 is 10.1 Å². The number of carbonyl (C=O) groups excluding carboxylic acids is 1. The molecule has 0 bridgehead atoms. The van der Waals surface area contributed by atoms with Crippen LogP contribution in [0.25, 0.3) is 22.3 Å². The monoisotopic (exact) mass is 493 g/mol. The summed E-state index contributed by atoms with van der Waals surface area (Å²) in [6.45, 7) is 0.112. The van der Waals surface area contributed by atoms with Crippen molar-refractivity contribution < 1.29 is 27.1 Å². The first-order valence-corrected chi connectivity index (χ1v) is 10.8. The highest BCUT2D eigenvalue weighted by Crippen LogP contribution is 2.27. The normalized spacial score (nSPS) is 11.5. The van der Waals surface area contributed by atoms with Crippen LogP contribution in [0.4, 0.5) is 13.2 Å². The topological polar surface area (TPSA) is 95.1 Å². The van der Waals surface area contributed by atoms with Crippen molar-refractivity contribution in [3.05, 3.63) is 96.3 Å². The van der Waals surface area contributed by atoms with E-state index in [4.69, 9.17) is 9.40 Å². The van der Waals surface area contributed by atoms with Gasteiger partial charge in [0.1, 0.15) is 18.1 Å². The van der Waals surface area contributed by atoms with Gasteiger partial charge in [-0.2, -0.15) is 5.10 Å². The molecule has 1 aromatic carbocycles. The molecule has 0 aliphatic heterocycles. The molecular weight excluding hydrogens is 475 g/mol. The van der Waals surface area contributed by atoms with Crippen LogP contribution in [-0.4, -0.2) is 32.0 Å². The van der Waals surface area contributed by atoms with Crippen molar-refractivity contribution in [1.82, 2.24) is 25.1 Å². The molecule has 0 atom stereocenters. The molecule has 0 fully saturated rings. The van der Waals surface area contributed by atoms with Crippen molar-refractivity contribution in [1.29, 1.82) is 0 Å². The van der Waals surface area contributed by atoms with E-state index >= 15 is 0 Å². The van der Waals surface area contributed by atoms with Crippen molar-refractivity contribution >= 4 is 16.9 Å². The quantitative estimate of drug-likeness (QED) is 0.344. The third kappa shape index (κ3) is 5.04. The molecule has 5 rings (SSSR count). The number of rotatable bonds is 7. The molecule has 4 heterocycles. The molecular formula is C25H18F3N5O3. The molecule has 0 radical (unpaired) electrons. The van der Waals surface area contributed by atoms with E-state index in [1.54, 1.807) is 59.7 Å². The number of pyridine rings is 2. The van der Waals surface area contributed by atoms with E-state index in [0.29, 0.717) is 34.6 Å². The van der Waals surface area contributed by atoms with E-state index in [1.165, 1.54) is 24.4 Å². The summed E-state index contributed by atoms with van der Waals surface area (Å²) < 4.78 is 49.4. The third-order valence-corrected chi connectivity index (χ3v) is 5.33. The molecule has 0 aliphatic carbocycles. The fourth-order valence-electron chi connectivity index (χ4n) is 3.71. The third-order valence-electron chi connectivity index (χ3n) is 5.33. The van der Waals surface area contributed by atoms with Crippen LogP contribution in [0.1, 0.15) is 21.7 Å². The highest BCUT2D eigenvalue weighted by molar-refractivity contribution is 6.06. The molecule has 8 nitrogen and oxygen atoms in total. The average molecular weight is 493 g/mol. The molecule has 0 spiro atoms. The van der Waals surface area contributed by atoms with Gasteiger partial charge in [-0.15, -0.1) is 13.2 Å². The number of nitrogens with one attached hydrogen (secondary N) is 1. The summed E-state index contributed by atoms with van der Waals surface area (Å²) in [4.78, 5) is 22.1. The average Bonchev–Trinajstić information content (AvgIpc) is 3.53. The van der Waals surface area contributed by atoms with E-state index in [-0.39, 0.29) is 23.4 Å². The molecule has 36 heavy (non-hydrogen) atoms. The number of hydrogen-bond acceptors (Lipinski definition) is 6. The standard InChI is InChI=1S/C25H18F3N5O3/c26-25(27,28)36-22-8-2-1-5-17(22)13-30-24(34)19-11-21(16-6-3-9-29-12-16)32-23-20(19)14-31-33(23)15-18-7-4-10-35-18/h1-12,14H,13,15H2,(H,30,34). The highest BCUT2D eigenvalue weighted by Gasteiger charge is 2.32. The Bertz CT molecular complexity index is 1500. The van der Waals surface area contributed by atoms with Crippen LogP contribution >= 0.6 is 0 Å². The van der Waals surface area contributed by atoms with Crippen LogP contribution in [-0.2, 0) is 13.1 Å². The van der Waals surface area contributed by atoms with Gasteiger partial charge in [0.05, 0.1) is 29.1 Å². The summed E-state index contributed by atoms with van der Waals surface area (Å²) in [7, 11) is 0. The number of halogens is 3. The zero-order valence-corrected chi connectivity index (χ0v) is 18.6. The Morgan fingerprint density at radius 3 is 2.69 bits per heavy atom. The van der Waals surface area contributed by atoms with Crippen LogP contribution in [0.3, 0.4) is 0 Å². The van der Waals surface area contributed by atoms with Gasteiger partial charge in [-0.25, -0.2) is 9.67 Å². The van der Waals surface area contributed by atoms with Gasteiger partial charge >= 0.3 is 6.36 Å². The summed E-state index contributed by atoms with van der Waals surface area (Å²) in [6, 6.07) is 14.3. The van der Waals surface area contributed by atoms with Crippen molar-refractivity contribution in [3.63, 3.8) is 0 Å². The minimum atomic E-state index is -4.85. The second-order valence-corrected chi connectivity index (χ2v) is 7.75. The van der Waals surface area contributed by atoms with Gasteiger partial charge in [0.2, 0.25) is 0 Å². The van der Waals surface area contributed by atoms with Gasteiger partial charge in [0, 0.05) is 30.1 Å². The first-order chi connectivity index (χ1) is 17.4. The summed E-state index contributed by atoms with van der Waals surface area (Å²) in [5, 5.41) is 7.53. The van der Waals surface area contributed by atoms with Gasteiger partial charge in [-0.1, -0.05) is 18.2 Å². The lowest BCUT2D eigenvalue weighted by molar-refractivity contribution is -0.274. The van der Waals surface area contributed by atoms with Crippen molar-refractivity contribution in [2.75, 3.05) is 0 Å². The molecule has 4 aromatic heterocycles. The predicted molar refractivity (Wildman–Crippen MR) is 123 cm³/mol. The first kappa shape index (κ1) is 23.1. The van der Waals surface area contributed by atoms with E-state index in [0.717, 1.165) is 0 Å². The smallest absolute Gasteiger partial charge is 0.467 e. The minimum Gasteiger partial charge on any atom is -0.467 e. The van der Waals surface area contributed by atoms with E-state index in [2.05, 4.69) is 20.1 Å². The molecule has 0 saturated heterocycles. The Labute approximate surface area is 202 Å². The van der Waals surface area contributed by atoms with Crippen LogP contribution in [0, 0.1) is 0 Å². The molecule has 1 N–H and O–H groups in total. The molecule has 11 heteroatoms. The Hall–Kier alpha value is -4.67. The number of para-hydroxylation sites is 1. The van der Waals surface area contributed by atoms with Crippen LogP contribution in [0.15, 0.2) is 83.9 Å². The Kier molecular flexibility index (Phi) is 6.11. The Balaban J connectivity index is 1.49. The Morgan fingerprint density at radius 2 is 1.94 bits per heavy atom. The zero-order valence-electron chi connectivity index (χ0n) is 18.6. The summed E-state index contributed by atoms with van der Waals surface area (Å²) in [5.74, 6) is -0.236. The summed E-state index contributed by atoms with van der Waals surface area (Å²) >= 11 is 0. The molecule has 0 aliphatic rings. The van der Waals surface area contributed by atoms with Crippen molar-refractivity contribution in [2.45, 2.75) is 19.5 Å². The lowest BCUT2D eigenvalue weighted by Crippen LogP contribution is -2.24. The summed E-state index contributed by atoms with van der Waals surface area (Å²) in [5.41, 5.74) is 2.05. The Morgan fingerprint density at radius 1 is 1.08 bits per heavy atom. The lowest BCUT2D eigenvalue weighted by Gasteiger charge is -2.14. The number of ether oxygens (including phenoxy) is 1. The number of amides is 1. The maximum atomic E-state index is 13.3. The van der Waals surface area contributed by atoms with Crippen LogP contribution in [0.2, 0.25) is 0 Å². The molecule has 1 amide bonds. The SMILES string of the molecule is O=C(NCc1ccccc1OC(F)(F)F)c1cc(-c2cccnc2)nc2c1cnn2Cc1ccco1. The van der Waals surface area contributed by atoms with Gasteiger partial charge in [0.25, 0.3) is 5.91 Å². The fourth-order valence-corrected chi connectivity index (χ4v) is 3.71. The van der Waals surface area contributed by atoms with Gasteiger partial charge in [-0.05, 0) is 36.4 Å². The van der Waals surface area contributed by atoms with E-state index in [9.17, 15) is 18.0 Å². The number of furan rings is 1. The molecule has 5 aromatic rings. The number of hydrogen-bond donors (Lipinski definition) is 1. The second-order valence-electron chi connectivity index (χ2n) is 7.75. The second kappa shape index (κ2) is 9.53. The van der Waals surface area contributed by atoms with E-state index < -0.39 is 12.3 Å². The number of aromatic nitrogens is 4. The number of fused-ring (bicyclic) bond motifs is 1. The molecule has 182 valence electrons. The van der Waals surface area contributed by atoms with Gasteiger partial charge in [-0.3, -0.25) is 9.78 Å². The first-order valence-electron chi connectivity index (χ1n) is 10.8. The van der Waals surface area contributed by atoms with Crippen molar-refractivity contribution in [3.8, 4) is 17.0 Å². The zero-order chi connectivity index (χ0) is 25.1. The fraction of sp³-hybridized carbons (Fsp3) is 0.120. The number of benzene rings is 1. The maximum Gasteiger partial charge on any atom is 0.573 e. The number of nitrogens with zero attached hydrogens (tertiary/aromatic N) is 4. The van der Waals surface area contributed by atoms with Gasteiger partial charge < -0.3 is 14.5 Å². The highest BCUT2D eigenvalue weighted by atomic mass is 19.4.